The Morgan fingerprint density at radius 1 is 1.35 bits per heavy atom. The molecule has 2 atom stereocenters. The van der Waals surface area contributed by atoms with Gasteiger partial charge >= 0.3 is 0 Å². The van der Waals surface area contributed by atoms with Gasteiger partial charge in [-0.15, -0.1) is 11.8 Å². The van der Waals surface area contributed by atoms with Crippen molar-refractivity contribution in [2.45, 2.75) is 30.2 Å². The Bertz CT molecular complexity index is 590. The summed E-state index contributed by atoms with van der Waals surface area (Å²) in [6, 6.07) is 8.07. The molecule has 0 aromatic heterocycles. The number of hydrogen-bond acceptors (Lipinski definition) is 4. The largest absolute Gasteiger partial charge is 0.338 e. The van der Waals surface area contributed by atoms with Crippen LogP contribution in [0.1, 0.15) is 19.3 Å². The number of benzene rings is 1. The first-order chi connectivity index (χ1) is 11.1. The van der Waals surface area contributed by atoms with Crippen LogP contribution in [0.25, 0.3) is 0 Å². The van der Waals surface area contributed by atoms with Crippen LogP contribution in [0.2, 0.25) is 0 Å². The average molecular weight is 333 g/mol. The van der Waals surface area contributed by atoms with Crippen molar-refractivity contribution in [1.82, 2.24) is 4.90 Å². The van der Waals surface area contributed by atoms with E-state index < -0.39 is 0 Å². The Morgan fingerprint density at radius 2 is 2.09 bits per heavy atom. The Labute approximate surface area is 141 Å². The first kappa shape index (κ1) is 16.3. The molecule has 3 rings (SSSR count). The lowest BCUT2D eigenvalue weighted by atomic mass is 10.1. The second-order valence-electron chi connectivity index (χ2n) is 6.17. The van der Waals surface area contributed by atoms with Gasteiger partial charge in [0.2, 0.25) is 11.8 Å². The van der Waals surface area contributed by atoms with Crippen molar-refractivity contribution in [3.8, 4) is 0 Å². The Balaban J connectivity index is 1.70. The minimum Gasteiger partial charge on any atom is -0.338 e. The number of nitrogens with two attached hydrogens (primary N) is 1. The van der Waals surface area contributed by atoms with Crippen LogP contribution in [-0.2, 0) is 9.59 Å². The van der Waals surface area contributed by atoms with Gasteiger partial charge in [0.15, 0.2) is 0 Å². The molecular formula is C17H23N3O2S. The predicted molar refractivity (Wildman–Crippen MR) is 92.5 cm³/mol. The SMILES string of the molecule is CSc1ccc(N2CC(C(=O)N3CCCC3CN)CC2=O)cc1. The fraction of sp³-hybridized carbons (Fsp3) is 0.529. The highest BCUT2D eigenvalue weighted by Crippen LogP contribution is 2.29. The molecule has 124 valence electrons. The fourth-order valence-corrected chi connectivity index (χ4v) is 3.90. The summed E-state index contributed by atoms with van der Waals surface area (Å²) in [4.78, 5) is 29.8. The lowest BCUT2D eigenvalue weighted by Crippen LogP contribution is -2.43. The number of amides is 2. The van der Waals surface area contributed by atoms with E-state index in [1.807, 2.05) is 35.4 Å². The highest BCUT2D eigenvalue weighted by molar-refractivity contribution is 7.98. The number of hydrogen-bond donors (Lipinski definition) is 1. The summed E-state index contributed by atoms with van der Waals surface area (Å²) in [5, 5.41) is 0. The number of anilines is 1. The summed E-state index contributed by atoms with van der Waals surface area (Å²) in [5.74, 6) is -0.117. The van der Waals surface area contributed by atoms with Gasteiger partial charge in [0.1, 0.15) is 0 Å². The summed E-state index contributed by atoms with van der Waals surface area (Å²) >= 11 is 1.67. The molecule has 2 fully saturated rings. The molecule has 0 spiro atoms. The van der Waals surface area contributed by atoms with Crippen LogP contribution < -0.4 is 10.6 Å². The highest BCUT2D eigenvalue weighted by atomic mass is 32.2. The monoisotopic (exact) mass is 333 g/mol. The molecule has 2 unspecified atom stereocenters. The molecule has 1 aromatic rings. The van der Waals surface area contributed by atoms with Gasteiger partial charge in [0.25, 0.3) is 0 Å². The summed E-state index contributed by atoms with van der Waals surface area (Å²) in [7, 11) is 0. The van der Waals surface area contributed by atoms with E-state index in [1.165, 1.54) is 0 Å². The van der Waals surface area contributed by atoms with Gasteiger partial charge < -0.3 is 15.5 Å². The lowest BCUT2D eigenvalue weighted by Gasteiger charge is -2.26. The highest BCUT2D eigenvalue weighted by Gasteiger charge is 2.39. The van der Waals surface area contributed by atoms with E-state index in [9.17, 15) is 9.59 Å². The molecule has 2 N–H and O–H groups in total. The Morgan fingerprint density at radius 3 is 2.74 bits per heavy atom. The van der Waals surface area contributed by atoms with Crippen LogP contribution in [0.3, 0.4) is 0 Å². The molecule has 2 saturated heterocycles. The maximum absolute atomic E-state index is 12.7. The third-order valence-electron chi connectivity index (χ3n) is 4.79. The zero-order valence-electron chi connectivity index (χ0n) is 13.4. The first-order valence-electron chi connectivity index (χ1n) is 8.09. The molecule has 0 radical (unpaired) electrons. The maximum Gasteiger partial charge on any atom is 0.228 e. The van der Waals surface area contributed by atoms with Crippen LogP contribution in [0.15, 0.2) is 29.2 Å². The van der Waals surface area contributed by atoms with Crippen molar-refractivity contribution in [1.29, 1.82) is 0 Å². The zero-order chi connectivity index (χ0) is 16.4. The average Bonchev–Trinajstić information content (AvgIpc) is 3.20. The predicted octanol–water partition coefficient (Wildman–Crippen LogP) is 1.71. The van der Waals surface area contributed by atoms with Crippen LogP contribution in [-0.4, -0.2) is 48.6 Å². The maximum atomic E-state index is 12.7. The molecule has 2 amide bonds. The van der Waals surface area contributed by atoms with Gasteiger partial charge in [0.05, 0.1) is 5.92 Å². The number of carbonyl (C=O) groups is 2. The Hall–Kier alpha value is -1.53. The Kier molecular flexibility index (Phi) is 4.92. The smallest absolute Gasteiger partial charge is 0.228 e. The van der Waals surface area contributed by atoms with Gasteiger partial charge in [0, 0.05) is 42.7 Å². The van der Waals surface area contributed by atoms with Gasteiger partial charge in [-0.05, 0) is 43.4 Å². The van der Waals surface area contributed by atoms with Crippen molar-refractivity contribution in [3.63, 3.8) is 0 Å². The third kappa shape index (κ3) is 3.23. The van der Waals surface area contributed by atoms with Gasteiger partial charge in [-0.3, -0.25) is 9.59 Å². The molecular weight excluding hydrogens is 310 g/mol. The standard InChI is InChI=1S/C17H23N3O2S/c1-23-15-6-4-13(5-7-15)20-11-12(9-16(20)21)17(22)19-8-2-3-14(19)10-18/h4-7,12,14H,2-3,8-11,18H2,1H3. The zero-order valence-corrected chi connectivity index (χ0v) is 14.2. The minimum absolute atomic E-state index is 0.0312. The van der Waals surface area contributed by atoms with Crippen molar-refractivity contribution in [2.75, 3.05) is 30.8 Å². The number of thioether (sulfide) groups is 1. The van der Waals surface area contributed by atoms with Crippen LogP contribution in [0.5, 0.6) is 0 Å². The normalized spacial score (nSPS) is 24.5. The van der Waals surface area contributed by atoms with Gasteiger partial charge in [-0.2, -0.15) is 0 Å². The fourth-order valence-electron chi connectivity index (χ4n) is 3.49. The van der Waals surface area contributed by atoms with E-state index in [2.05, 4.69) is 0 Å². The molecule has 2 heterocycles. The molecule has 6 heteroatoms. The number of nitrogens with zero attached hydrogens (tertiary/aromatic N) is 2. The quantitative estimate of drug-likeness (QED) is 0.852. The molecule has 0 aliphatic carbocycles. The molecule has 0 saturated carbocycles. The van der Waals surface area contributed by atoms with Crippen LogP contribution >= 0.6 is 11.8 Å². The second kappa shape index (κ2) is 6.93. The van der Waals surface area contributed by atoms with Crippen LogP contribution in [0, 0.1) is 5.92 Å². The van der Waals surface area contributed by atoms with E-state index in [1.54, 1.807) is 16.7 Å². The second-order valence-corrected chi connectivity index (χ2v) is 7.05. The summed E-state index contributed by atoms with van der Waals surface area (Å²) in [6.07, 6.45) is 4.31. The molecule has 5 nitrogen and oxygen atoms in total. The molecule has 0 bridgehead atoms. The molecule has 23 heavy (non-hydrogen) atoms. The van der Waals surface area contributed by atoms with Crippen LogP contribution in [0.4, 0.5) is 5.69 Å². The number of rotatable bonds is 4. The van der Waals surface area contributed by atoms with Crippen molar-refractivity contribution < 1.29 is 9.59 Å². The van der Waals surface area contributed by atoms with E-state index in [0.29, 0.717) is 19.5 Å². The van der Waals surface area contributed by atoms with Crippen molar-refractivity contribution in [3.05, 3.63) is 24.3 Å². The van der Waals surface area contributed by atoms with E-state index in [4.69, 9.17) is 5.73 Å². The first-order valence-corrected chi connectivity index (χ1v) is 9.31. The minimum atomic E-state index is -0.241. The van der Waals surface area contributed by atoms with Gasteiger partial charge in [-0.1, -0.05) is 0 Å². The third-order valence-corrected chi connectivity index (χ3v) is 5.53. The number of carbonyl (C=O) groups excluding carboxylic acids is 2. The topological polar surface area (TPSA) is 66.6 Å². The van der Waals surface area contributed by atoms with Crippen molar-refractivity contribution in [2.24, 2.45) is 11.7 Å². The summed E-state index contributed by atoms with van der Waals surface area (Å²) < 4.78 is 0. The van der Waals surface area contributed by atoms with E-state index in [0.717, 1.165) is 30.0 Å². The lowest BCUT2D eigenvalue weighted by molar-refractivity contribution is -0.136. The van der Waals surface area contributed by atoms with Gasteiger partial charge in [-0.25, -0.2) is 0 Å². The number of likely N-dealkylation sites (tertiary alicyclic amines) is 1. The molecule has 1 aromatic carbocycles. The molecule has 2 aliphatic heterocycles. The van der Waals surface area contributed by atoms with E-state index in [-0.39, 0.29) is 23.8 Å². The van der Waals surface area contributed by atoms with E-state index >= 15 is 0 Å². The summed E-state index contributed by atoms with van der Waals surface area (Å²) in [5.41, 5.74) is 6.64. The molecule has 2 aliphatic rings. The summed E-state index contributed by atoms with van der Waals surface area (Å²) in [6.45, 7) is 1.75. The van der Waals surface area contributed by atoms with Crippen molar-refractivity contribution >= 4 is 29.3 Å².